The van der Waals surface area contributed by atoms with Gasteiger partial charge in [-0.05, 0) is 37.9 Å². The highest BCUT2D eigenvalue weighted by Crippen LogP contribution is 2.23. The van der Waals surface area contributed by atoms with Crippen LogP contribution in [0.3, 0.4) is 0 Å². The Balaban J connectivity index is 1.91. The Morgan fingerprint density at radius 2 is 2.45 bits per heavy atom. The number of carbonyl (C=O) groups is 1. The molecule has 5 heteroatoms. The van der Waals surface area contributed by atoms with Gasteiger partial charge in [0.1, 0.15) is 0 Å². The molecule has 0 aliphatic carbocycles. The number of methoxy groups -OCH3 is 1. The Morgan fingerprint density at radius 1 is 1.60 bits per heavy atom. The molecule has 20 heavy (non-hydrogen) atoms. The SMILES string of the molecule is COC(=O)CC(NCC1CCCCN1C)c1cccs1. The molecular formula is C15H24N2O2S. The standard InChI is InChI=1S/C15H24N2O2S/c1-17-8-4-3-6-12(17)11-16-13(10-15(18)19-2)14-7-5-9-20-14/h5,7,9,12-13,16H,3-4,6,8,10-11H2,1-2H3. The number of thiophene rings is 1. The van der Waals surface area contributed by atoms with Crippen molar-refractivity contribution in [1.29, 1.82) is 0 Å². The molecule has 0 saturated carbocycles. The van der Waals surface area contributed by atoms with E-state index in [0.29, 0.717) is 12.5 Å². The molecule has 2 atom stereocenters. The van der Waals surface area contributed by atoms with Gasteiger partial charge in [0.2, 0.25) is 0 Å². The summed E-state index contributed by atoms with van der Waals surface area (Å²) in [4.78, 5) is 15.2. The van der Waals surface area contributed by atoms with E-state index >= 15 is 0 Å². The third-order valence-electron chi connectivity index (χ3n) is 4.01. The molecule has 0 spiro atoms. The number of piperidine rings is 1. The lowest BCUT2D eigenvalue weighted by Crippen LogP contribution is -2.44. The van der Waals surface area contributed by atoms with Crippen molar-refractivity contribution in [1.82, 2.24) is 10.2 Å². The van der Waals surface area contributed by atoms with E-state index in [4.69, 9.17) is 4.74 Å². The van der Waals surface area contributed by atoms with Crippen LogP contribution in [0.25, 0.3) is 0 Å². The number of nitrogens with zero attached hydrogens (tertiary/aromatic N) is 1. The van der Waals surface area contributed by atoms with Gasteiger partial charge in [-0.15, -0.1) is 11.3 Å². The second-order valence-corrected chi connectivity index (χ2v) is 6.37. The van der Waals surface area contributed by atoms with Crippen molar-refractivity contribution >= 4 is 17.3 Å². The number of esters is 1. The van der Waals surface area contributed by atoms with Crippen LogP contribution in [-0.4, -0.2) is 44.2 Å². The number of rotatable bonds is 6. The van der Waals surface area contributed by atoms with Crippen molar-refractivity contribution in [2.75, 3.05) is 27.2 Å². The lowest BCUT2D eigenvalue weighted by Gasteiger charge is -2.33. The van der Waals surface area contributed by atoms with Crippen molar-refractivity contribution in [2.24, 2.45) is 0 Å². The Morgan fingerprint density at radius 3 is 3.10 bits per heavy atom. The maximum atomic E-state index is 11.6. The van der Waals surface area contributed by atoms with Crippen molar-refractivity contribution in [3.63, 3.8) is 0 Å². The zero-order valence-corrected chi connectivity index (χ0v) is 13.1. The zero-order valence-electron chi connectivity index (χ0n) is 12.3. The molecule has 112 valence electrons. The van der Waals surface area contributed by atoms with Gasteiger partial charge in [0.25, 0.3) is 0 Å². The van der Waals surface area contributed by atoms with E-state index in [9.17, 15) is 4.79 Å². The fraction of sp³-hybridized carbons (Fsp3) is 0.667. The first-order chi connectivity index (χ1) is 9.70. The number of likely N-dealkylation sites (tertiary alicyclic amines) is 1. The van der Waals surface area contributed by atoms with Crippen LogP contribution in [0.1, 0.15) is 36.6 Å². The van der Waals surface area contributed by atoms with Crippen LogP contribution in [0.5, 0.6) is 0 Å². The number of carbonyl (C=O) groups excluding carboxylic acids is 1. The maximum absolute atomic E-state index is 11.6. The molecular weight excluding hydrogens is 272 g/mol. The second-order valence-electron chi connectivity index (χ2n) is 5.39. The molecule has 2 unspecified atom stereocenters. The van der Waals surface area contributed by atoms with Crippen LogP contribution in [0.15, 0.2) is 17.5 Å². The van der Waals surface area contributed by atoms with E-state index in [2.05, 4.69) is 23.3 Å². The minimum absolute atomic E-state index is 0.0674. The van der Waals surface area contributed by atoms with Crippen LogP contribution in [-0.2, 0) is 9.53 Å². The van der Waals surface area contributed by atoms with Crippen LogP contribution in [0.2, 0.25) is 0 Å². The summed E-state index contributed by atoms with van der Waals surface area (Å²) in [7, 11) is 3.63. The molecule has 1 aliphatic rings. The predicted molar refractivity (Wildman–Crippen MR) is 82.0 cm³/mol. The summed E-state index contributed by atoms with van der Waals surface area (Å²) in [6.07, 6.45) is 4.23. The van der Waals surface area contributed by atoms with Gasteiger partial charge in [0, 0.05) is 17.5 Å². The normalized spacial score (nSPS) is 21.6. The smallest absolute Gasteiger partial charge is 0.307 e. The Labute approximate surface area is 125 Å². The molecule has 2 heterocycles. The Kier molecular flexibility index (Phi) is 6.01. The number of hydrogen-bond donors (Lipinski definition) is 1. The number of ether oxygens (including phenoxy) is 1. The molecule has 2 rings (SSSR count). The van der Waals surface area contributed by atoms with Gasteiger partial charge in [0.05, 0.1) is 19.6 Å². The molecule has 1 aliphatic heterocycles. The monoisotopic (exact) mass is 296 g/mol. The fourth-order valence-corrected chi connectivity index (χ4v) is 3.50. The van der Waals surface area contributed by atoms with Crippen molar-refractivity contribution in [3.8, 4) is 0 Å². The summed E-state index contributed by atoms with van der Waals surface area (Å²) in [5.74, 6) is -0.159. The van der Waals surface area contributed by atoms with Gasteiger partial charge in [0.15, 0.2) is 0 Å². The maximum Gasteiger partial charge on any atom is 0.307 e. The Hall–Kier alpha value is -0.910. The van der Waals surface area contributed by atoms with Gasteiger partial charge in [-0.3, -0.25) is 4.79 Å². The first-order valence-electron chi connectivity index (χ1n) is 7.24. The summed E-state index contributed by atoms with van der Waals surface area (Å²) in [6, 6.07) is 4.75. The molecule has 0 radical (unpaired) electrons. The molecule has 4 nitrogen and oxygen atoms in total. The summed E-state index contributed by atoms with van der Waals surface area (Å²) in [5, 5.41) is 5.61. The first-order valence-corrected chi connectivity index (χ1v) is 8.12. The van der Waals surface area contributed by atoms with Crippen molar-refractivity contribution in [3.05, 3.63) is 22.4 Å². The molecule has 1 aromatic heterocycles. The summed E-state index contributed by atoms with van der Waals surface area (Å²) in [6.45, 7) is 2.10. The lowest BCUT2D eigenvalue weighted by molar-refractivity contribution is -0.141. The molecule has 1 N–H and O–H groups in total. The quantitative estimate of drug-likeness (QED) is 0.819. The topological polar surface area (TPSA) is 41.6 Å². The predicted octanol–water partition coefficient (Wildman–Crippen LogP) is 2.43. The van der Waals surface area contributed by atoms with E-state index in [0.717, 1.165) is 6.54 Å². The molecule has 0 aromatic carbocycles. The Bertz CT molecular complexity index is 408. The second kappa shape index (κ2) is 7.76. The van der Waals surface area contributed by atoms with Crippen molar-refractivity contribution in [2.45, 2.75) is 37.8 Å². The van der Waals surface area contributed by atoms with Crippen LogP contribution >= 0.6 is 11.3 Å². The van der Waals surface area contributed by atoms with Crippen LogP contribution in [0.4, 0.5) is 0 Å². The molecule has 1 fully saturated rings. The largest absolute Gasteiger partial charge is 0.469 e. The van der Waals surface area contributed by atoms with Crippen LogP contribution < -0.4 is 5.32 Å². The van der Waals surface area contributed by atoms with Crippen molar-refractivity contribution < 1.29 is 9.53 Å². The minimum Gasteiger partial charge on any atom is -0.469 e. The average molecular weight is 296 g/mol. The van der Waals surface area contributed by atoms with Gasteiger partial charge in [-0.25, -0.2) is 0 Å². The van der Waals surface area contributed by atoms with E-state index < -0.39 is 0 Å². The van der Waals surface area contributed by atoms with E-state index in [1.165, 1.54) is 37.8 Å². The number of nitrogens with one attached hydrogen (secondary N) is 1. The highest BCUT2D eigenvalue weighted by Gasteiger charge is 2.22. The molecule has 1 saturated heterocycles. The fourth-order valence-electron chi connectivity index (χ4n) is 2.69. The highest BCUT2D eigenvalue weighted by atomic mass is 32.1. The molecule has 1 aromatic rings. The summed E-state index contributed by atoms with van der Waals surface area (Å²) < 4.78 is 4.81. The molecule has 0 amide bonds. The lowest BCUT2D eigenvalue weighted by atomic mass is 10.0. The van der Waals surface area contributed by atoms with Gasteiger partial charge >= 0.3 is 5.97 Å². The molecule has 0 bridgehead atoms. The average Bonchev–Trinajstić information content (AvgIpc) is 2.98. The minimum atomic E-state index is -0.159. The van der Waals surface area contributed by atoms with E-state index in [1.807, 2.05) is 11.4 Å². The van der Waals surface area contributed by atoms with Gasteiger partial charge in [-0.1, -0.05) is 12.5 Å². The first kappa shape index (κ1) is 15.5. The van der Waals surface area contributed by atoms with E-state index in [-0.39, 0.29) is 12.0 Å². The third-order valence-corrected chi connectivity index (χ3v) is 4.99. The zero-order chi connectivity index (χ0) is 14.4. The number of hydrogen-bond acceptors (Lipinski definition) is 5. The summed E-state index contributed by atoms with van der Waals surface area (Å²) >= 11 is 1.69. The summed E-state index contributed by atoms with van der Waals surface area (Å²) in [5.41, 5.74) is 0. The number of likely N-dealkylation sites (N-methyl/N-ethyl adjacent to an activating group) is 1. The highest BCUT2D eigenvalue weighted by molar-refractivity contribution is 7.10. The van der Waals surface area contributed by atoms with Gasteiger partial charge in [-0.2, -0.15) is 0 Å². The van der Waals surface area contributed by atoms with Gasteiger partial charge < -0.3 is 15.0 Å². The van der Waals surface area contributed by atoms with Crippen LogP contribution in [0, 0.1) is 0 Å². The third kappa shape index (κ3) is 4.30. The van der Waals surface area contributed by atoms with E-state index in [1.54, 1.807) is 11.3 Å².